The Morgan fingerprint density at radius 3 is 2.29 bits per heavy atom. The Hall–Kier alpha value is -1.69. The first-order valence-electron chi connectivity index (χ1n) is 6.63. The highest BCUT2D eigenvalue weighted by atomic mass is 35.5. The van der Waals surface area contributed by atoms with Gasteiger partial charge in [-0.15, -0.1) is 10.2 Å². The van der Waals surface area contributed by atoms with Gasteiger partial charge < -0.3 is 10.1 Å². The van der Waals surface area contributed by atoms with Crippen LogP contribution < -0.4 is 5.32 Å². The maximum Gasteiger partial charge on any atom is 0.329 e. The molecule has 21 heavy (non-hydrogen) atoms. The van der Waals surface area contributed by atoms with Crippen molar-refractivity contribution in [1.29, 1.82) is 0 Å². The summed E-state index contributed by atoms with van der Waals surface area (Å²) in [7, 11) is 0. The van der Waals surface area contributed by atoms with Crippen molar-refractivity contribution in [3.63, 3.8) is 0 Å². The van der Waals surface area contributed by atoms with Crippen molar-refractivity contribution in [2.75, 3.05) is 0 Å². The van der Waals surface area contributed by atoms with Gasteiger partial charge in [0.05, 0.1) is 0 Å². The summed E-state index contributed by atoms with van der Waals surface area (Å²) < 4.78 is 5.31. The fourth-order valence-corrected chi connectivity index (χ4v) is 1.62. The Morgan fingerprint density at radius 1 is 1.24 bits per heavy atom. The third-order valence-electron chi connectivity index (χ3n) is 2.48. The molecule has 1 aromatic rings. The van der Waals surface area contributed by atoms with E-state index in [2.05, 4.69) is 15.5 Å². The van der Waals surface area contributed by atoms with Crippen molar-refractivity contribution < 1.29 is 14.3 Å². The molecular weight excluding hydrogens is 294 g/mol. The first-order chi connectivity index (χ1) is 9.60. The summed E-state index contributed by atoms with van der Waals surface area (Å²) in [4.78, 5) is 24.2. The van der Waals surface area contributed by atoms with E-state index < -0.39 is 23.5 Å². The van der Waals surface area contributed by atoms with Crippen molar-refractivity contribution in [3.8, 4) is 0 Å². The number of amides is 1. The number of carbonyl (C=O) groups excluding carboxylic acids is 2. The van der Waals surface area contributed by atoms with Crippen molar-refractivity contribution in [3.05, 3.63) is 23.0 Å². The lowest BCUT2D eigenvalue weighted by Gasteiger charge is -2.26. The normalized spacial score (nSPS) is 12.9. The van der Waals surface area contributed by atoms with E-state index >= 15 is 0 Å². The van der Waals surface area contributed by atoms with E-state index in [0.717, 1.165) is 0 Å². The number of halogens is 1. The van der Waals surface area contributed by atoms with Gasteiger partial charge in [-0.25, -0.2) is 4.79 Å². The minimum absolute atomic E-state index is 0.0913. The minimum Gasteiger partial charge on any atom is -0.458 e. The molecule has 7 heteroatoms. The number of nitrogens with one attached hydrogen (secondary N) is 1. The highest BCUT2D eigenvalue weighted by Crippen LogP contribution is 2.13. The molecule has 1 rings (SSSR count). The van der Waals surface area contributed by atoms with Crippen LogP contribution in [0, 0.1) is 5.92 Å². The molecular formula is C14H20ClN3O3. The zero-order valence-electron chi connectivity index (χ0n) is 12.8. The minimum atomic E-state index is -0.755. The van der Waals surface area contributed by atoms with E-state index in [9.17, 15) is 9.59 Å². The Kier molecular flexibility index (Phi) is 5.66. The smallest absolute Gasteiger partial charge is 0.329 e. The molecule has 0 saturated heterocycles. The van der Waals surface area contributed by atoms with Gasteiger partial charge in [0, 0.05) is 0 Å². The van der Waals surface area contributed by atoms with E-state index in [1.165, 1.54) is 12.1 Å². The number of ether oxygens (including phenoxy) is 1. The van der Waals surface area contributed by atoms with Gasteiger partial charge in [-0.1, -0.05) is 25.4 Å². The fraction of sp³-hybridized carbons (Fsp3) is 0.571. The number of esters is 1. The van der Waals surface area contributed by atoms with E-state index in [1.54, 1.807) is 20.8 Å². The van der Waals surface area contributed by atoms with Crippen LogP contribution in [0.5, 0.6) is 0 Å². The SMILES string of the molecule is CC(C)[C@@H](NC(=O)c1ccc(Cl)nn1)C(=O)OC(C)(C)C. The zero-order chi connectivity index (χ0) is 16.2. The summed E-state index contributed by atoms with van der Waals surface area (Å²) in [6.07, 6.45) is 0. The number of rotatable bonds is 4. The summed E-state index contributed by atoms with van der Waals surface area (Å²) in [5.74, 6) is -1.10. The van der Waals surface area contributed by atoms with Crippen LogP contribution in [0.1, 0.15) is 45.1 Å². The molecule has 1 N–H and O–H groups in total. The Labute approximate surface area is 129 Å². The van der Waals surface area contributed by atoms with Crippen LogP contribution in [-0.2, 0) is 9.53 Å². The van der Waals surface area contributed by atoms with Crippen molar-refractivity contribution in [1.82, 2.24) is 15.5 Å². The second-order valence-electron chi connectivity index (χ2n) is 5.97. The van der Waals surface area contributed by atoms with Gasteiger partial charge in [0.15, 0.2) is 10.8 Å². The molecule has 116 valence electrons. The molecule has 0 aliphatic heterocycles. The summed E-state index contributed by atoms with van der Waals surface area (Å²) in [6.45, 7) is 8.96. The van der Waals surface area contributed by atoms with Crippen molar-refractivity contribution >= 4 is 23.5 Å². The highest BCUT2D eigenvalue weighted by Gasteiger charge is 2.29. The van der Waals surface area contributed by atoms with Gasteiger partial charge >= 0.3 is 5.97 Å². The third kappa shape index (κ3) is 5.67. The lowest BCUT2D eigenvalue weighted by Crippen LogP contribution is -2.47. The molecule has 1 heterocycles. The van der Waals surface area contributed by atoms with E-state index in [0.29, 0.717) is 0 Å². The summed E-state index contributed by atoms with van der Waals surface area (Å²) >= 11 is 5.62. The third-order valence-corrected chi connectivity index (χ3v) is 2.68. The summed E-state index contributed by atoms with van der Waals surface area (Å²) in [5.41, 5.74) is -0.525. The fourth-order valence-electron chi connectivity index (χ4n) is 1.52. The van der Waals surface area contributed by atoms with E-state index in [4.69, 9.17) is 16.3 Å². The number of aromatic nitrogens is 2. The molecule has 0 fully saturated rings. The molecule has 0 aliphatic rings. The molecule has 0 radical (unpaired) electrons. The number of hydrogen-bond donors (Lipinski definition) is 1. The second kappa shape index (κ2) is 6.85. The summed E-state index contributed by atoms with van der Waals surface area (Å²) in [6, 6.07) is 2.15. The Morgan fingerprint density at radius 2 is 1.86 bits per heavy atom. The van der Waals surface area contributed by atoms with Crippen LogP contribution in [-0.4, -0.2) is 33.7 Å². The van der Waals surface area contributed by atoms with Crippen LogP contribution in [0.3, 0.4) is 0 Å². The van der Waals surface area contributed by atoms with Crippen molar-refractivity contribution in [2.45, 2.75) is 46.3 Å². The molecule has 1 aromatic heterocycles. The van der Waals surface area contributed by atoms with Crippen LogP contribution in [0.4, 0.5) is 0 Å². The molecule has 1 amide bonds. The average molecular weight is 314 g/mol. The highest BCUT2D eigenvalue weighted by molar-refractivity contribution is 6.29. The molecule has 0 aromatic carbocycles. The number of nitrogens with zero attached hydrogens (tertiary/aromatic N) is 2. The van der Waals surface area contributed by atoms with Crippen LogP contribution in [0.2, 0.25) is 5.15 Å². The van der Waals surface area contributed by atoms with Crippen LogP contribution in [0.15, 0.2) is 12.1 Å². The molecule has 0 spiro atoms. The first kappa shape index (κ1) is 17.4. The average Bonchev–Trinajstić information content (AvgIpc) is 2.33. The molecule has 0 aliphatic carbocycles. The van der Waals surface area contributed by atoms with Gasteiger partial charge in [0.2, 0.25) is 0 Å². The monoisotopic (exact) mass is 313 g/mol. The standard InChI is InChI=1S/C14H20ClN3O3/c1-8(2)11(13(20)21-14(3,4)5)16-12(19)9-6-7-10(15)18-17-9/h6-8,11H,1-5H3,(H,16,19)/t11-/m1/s1. The summed E-state index contributed by atoms with van der Waals surface area (Å²) in [5, 5.41) is 10.1. The van der Waals surface area contributed by atoms with Gasteiger partial charge in [0.1, 0.15) is 11.6 Å². The topological polar surface area (TPSA) is 81.2 Å². The quantitative estimate of drug-likeness (QED) is 0.862. The number of carbonyl (C=O) groups is 2. The number of hydrogen-bond acceptors (Lipinski definition) is 5. The molecule has 0 saturated carbocycles. The second-order valence-corrected chi connectivity index (χ2v) is 6.36. The van der Waals surface area contributed by atoms with Gasteiger partial charge in [-0.05, 0) is 38.8 Å². The zero-order valence-corrected chi connectivity index (χ0v) is 13.6. The van der Waals surface area contributed by atoms with Crippen molar-refractivity contribution in [2.24, 2.45) is 5.92 Å². The van der Waals surface area contributed by atoms with Gasteiger partial charge in [-0.3, -0.25) is 4.79 Å². The maximum atomic E-state index is 12.1. The Bertz CT molecular complexity index is 509. The van der Waals surface area contributed by atoms with Crippen LogP contribution in [0.25, 0.3) is 0 Å². The molecule has 0 bridgehead atoms. The van der Waals surface area contributed by atoms with Crippen LogP contribution >= 0.6 is 11.6 Å². The van der Waals surface area contributed by atoms with E-state index in [1.807, 2.05) is 13.8 Å². The molecule has 0 unspecified atom stereocenters. The van der Waals surface area contributed by atoms with E-state index in [-0.39, 0.29) is 16.8 Å². The predicted octanol–water partition coefficient (Wildman–Crippen LogP) is 2.23. The van der Waals surface area contributed by atoms with Gasteiger partial charge in [0.25, 0.3) is 5.91 Å². The Balaban J connectivity index is 2.81. The lowest BCUT2D eigenvalue weighted by atomic mass is 10.0. The maximum absolute atomic E-state index is 12.1. The predicted molar refractivity (Wildman–Crippen MR) is 79.0 cm³/mol. The molecule has 6 nitrogen and oxygen atoms in total. The largest absolute Gasteiger partial charge is 0.458 e. The van der Waals surface area contributed by atoms with Gasteiger partial charge in [-0.2, -0.15) is 0 Å². The lowest BCUT2D eigenvalue weighted by molar-refractivity contribution is -0.158. The molecule has 1 atom stereocenters. The first-order valence-corrected chi connectivity index (χ1v) is 7.01.